The van der Waals surface area contributed by atoms with Crippen LogP contribution in [0.1, 0.15) is 18.2 Å². The van der Waals surface area contributed by atoms with Gasteiger partial charge in [-0.1, -0.05) is 5.21 Å². The van der Waals surface area contributed by atoms with Crippen molar-refractivity contribution < 1.29 is 18.3 Å². The highest BCUT2D eigenvalue weighted by molar-refractivity contribution is 5.10. The van der Waals surface area contributed by atoms with Crippen LogP contribution in [0.25, 0.3) is 0 Å². The second-order valence-corrected chi connectivity index (χ2v) is 3.54. The number of aromatic nitrogens is 3. The van der Waals surface area contributed by atoms with Crippen molar-refractivity contribution in [1.82, 2.24) is 20.3 Å². The number of nitriles is 1. The van der Waals surface area contributed by atoms with Crippen LogP contribution in [0.3, 0.4) is 0 Å². The van der Waals surface area contributed by atoms with Gasteiger partial charge in [0.05, 0.1) is 18.8 Å². The zero-order valence-corrected chi connectivity index (χ0v) is 9.35. The molecule has 0 saturated carbocycles. The summed E-state index contributed by atoms with van der Waals surface area (Å²) < 4.78 is 37.4. The van der Waals surface area contributed by atoms with Crippen molar-refractivity contribution in [2.75, 3.05) is 13.2 Å². The van der Waals surface area contributed by atoms with Gasteiger partial charge in [-0.3, -0.25) is 10.00 Å². The van der Waals surface area contributed by atoms with E-state index < -0.39 is 18.8 Å². The molecule has 1 aromatic heterocycles. The van der Waals surface area contributed by atoms with Gasteiger partial charge in [-0.2, -0.15) is 18.4 Å². The molecule has 0 radical (unpaired) electrons. The van der Waals surface area contributed by atoms with Crippen molar-refractivity contribution >= 4 is 0 Å². The minimum Gasteiger partial charge on any atom is -0.396 e. The molecule has 0 fully saturated rings. The Kier molecular flexibility index (Phi) is 5.06. The Morgan fingerprint density at radius 2 is 2.28 bits per heavy atom. The second-order valence-electron chi connectivity index (χ2n) is 3.54. The van der Waals surface area contributed by atoms with E-state index in [1.807, 2.05) is 5.32 Å². The van der Waals surface area contributed by atoms with Crippen LogP contribution in [0, 0.1) is 11.3 Å². The van der Waals surface area contributed by atoms with Crippen LogP contribution in [0.2, 0.25) is 0 Å². The van der Waals surface area contributed by atoms with E-state index in [1.165, 1.54) is 10.9 Å². The fourth-order valence-electron chi connectivity index (χ4n) is 1.22. The van der Waals surface area contributed by atoms with Crippen LogP contribution in [0.4, 0.5) is 13.2 Å². The lowest BCUT2D eigenvalue weighted by Gasteiger charge is -2.10. The molecule has 6 nitrogen and oxygen atoms in total. The summed E-state index contributed by atoms with van der Waals surface area (Å²) in [5.74, 6) is 0. The van der Waals surface area contributed by atoms with Gasteiger partial charge in [0, 0.05) is 13.2 Å². The molecule has 1 atom stereocenters. The van der Waals surface area contributed by atoms with E-state index in [1.54, 1.807) is 6.07 Å². The number of aryl methyl sites for hydroxylation is 1. The van der Waals surface area contributed by atoms with Gasteiger partial charge in [0.1, 0.15) is 11.7 Å². The number of halogens is 3. The first-order chi connectivity index (χ1) is 8.46. The molecule has 1 heterocycles. The first-order valence-corrected chi connectivity index (χ1v) is 5.17. The first-order valence-electron chi connectivity index (χ1n) is 5.17. The lowest BCUT2D eigenvalue weighted by Crippen LogP contribution is -2.31. The van der Waals surface area contributed by atoms with Crippen molar-refractivity contribution in [3.63, 3.8) is 0 Å². The molecule has 0 saturated heterocycles. The smallest absolute Gasteiger partial charge is 0.396 e. The van der Waals surface area contributed by atoms with E-state index in [0.717, 1.165) is 0 Å². The molecule has 18 heavy (non-hydrogen) atoms. The summed E-state index contributed by atoms with van der Waals surface area (Å²) in [7, 11) is 0. The van der Waals surface area contributed by atoms with E-state index >= 15 is 0 Å². The van der Waals surface area contributed by atoms with Gasteiger partial charge in [-0.25, -0.2) is 0 Å². The maximum absolute atomic E-state index is 12.0. The Morgan fingerprint density at radius 3 is 2.83 bits per heavy atom. The topological polar surface area (TPSA) is 86.8 Å². The highest BCUT2D eigenvalue weighted by Gasteiger charge is 2.29. The van der Waals surface area contributed by atoms with Crippen LogP contribution in [-0.2, 0) is 6.54 Å². The van der Waals surface area contributed by atoms with Crippen LogP contribution in [0.5, 0.6) is 0 Å². The SMILES string of the molecule is N#CC(NCC(F)(F)F)c1cn(CCCO)nn1. The van der Waals surface area contributed by atoms with Gasteiger partial charge < -0.3 is 5.11 Å². The molecule has 0 aromatic carbocycles. The number of hydrogen-bond donors (Lipinski definition) is 2. The average Bonchev–Trinajstić information content (AvgIpc) is 2.74. The van der Waals surface area contributed by atoms with E-state index in [2.05, 4.69) is 10.3 Å². The predicted molar refractivity (Wildman–Crippen MR) is 54.1 cm³/mol. The molecular weight excluding hydrogens is 251 g/mol. The van der Waals surface area contributed by atoms with Gasteiger partial charge in [0.2, 0.25) is 0 Å². The third-order valence-corrected chi connectivity index (χ3v) is 2.03. The fraction of sp³-hybridized carbons (Fsp3) is 0.667. The molecule has 1 unspecified atom stereocenters. The van der Waals surface area contributed by atoms with Crippen LogP contribution in [-0.4, -0.2) is 39.4 Å². The average molecular weight is 263 g/mol. The summed E-state index contributed by atoms with van der Waals surface area (Å²) in [5.41, 5.74) is 0.125. The summed E-state index contributed by atoms with van der Waals surface area (Å²) in [6, 6.07) is 0.526. The van der Waals surface area contributed by atoms with E-state index in [4.69, 9.17) is 10.4 Å². The number of nitrogens with one attached hydrogen (secondary N) is 1. The minimum atomic E-state index is -4.39. The molecule has 0 bridgehead atoms. The lowest BCUT2D eigenvalue weighted by atomic mass is 10.2. The van der Waals surface area contributed by atoms with Crippen molar-refractivity contribution in [3.8, 4) is 6.07 Å². The number of aliphatic hydroxyl groups excluding tert-OH is 1. The number of rotatable bonds is 6. The zero-order valence-electron chi connectivity index (χ0n) is 9.35. The van der Waals surface area contributed by atoms with Gasteiger partial charge in [-0.05, 0) is 6.42 Å². The second kappa shape index (κ2) is 6.32. The number of nitrogens with zero attached hydrogens (tertiary/aromatic N) is 4. The Hall–Kier alpha value is -1.66. The van der Waals surface area contributed by atoms with Crippen molar-refractivity contribution in [2.45, 2.75) is 25.2 Å². The zero-order chi connectivity index (χ0) is 13.6. The van der Waals surface area contributed by atoms with Gasteiger partial charge in [0.15, 0.2) is 0 Å². The quantitative estimate of drug-likeness (QED) is 0.774. The highest BCUT2D eigenvalue weighted by atomic mass is 19.4. The monoisotopic (exact) mass is 263 g/mol. The van der Waals surface area contributed by atoms with Gasteiger partial charge >= 0.3 is 6.18 Å². The van der Waals surface area contributed by atoms with E-state index in [9.17, 15) is 13.2 Å². The van der Waals surface area contributed by atoms with Crippen LogP contribution >= 0.6 is 0 Å². The van der Waals surface area contributed by atoms with Crippen LogP contribution in [0.15, 0.2) is 6.20 Å². The molecule has 0 aliphatic rings. The number of hydrogen-bond acceptors (Lipinski definition) is 5. The van der Waals surface area contributed by atoms with E-state index in [0.29, 0.717) is 13.0 Å². The standard InChI is InChI=1S/C9H12F3N5O/c10-9(11,12)6-14-7(4-13)8-5-17(16-15-8)2-1-3-18/h5,7,14,18H,1-3,6H2. The largest absolute Gasteiger partial charge is 0.401 e. The molecule has 0 amide bonds. The number of alkyl halides is 3. The summed E-state index contributed by atoms with van der Waals surface area (Å²) in [6.07, 6.45) is -2.55. The van der Waals surface area contributed by atoms with Gasteiger partial charge in [-0.15, -0.1) is 5.10 Å². The van der Waals surface area contributed by atoms with E-state index in [-0.39, 0.29) is 12.3 Å². The Labute approximate surface area is 101 Å². The predicted octanol–water partition coefficient (Wildman–Crippen LogP) is 0.377. The third-order valence-electron chi connectivity index (χ3n) is 2.03. The van der Waals surface area contributed by atoms with Crippen molar-refractivity contribution in [1.29, 1.82) is 5.26 Å². The molecule has 2 N–H and O–H groups in total. The Morgan fingerprint density at radius 1 is 1.56 bits per heavy atom. The molecule has 0 aliphatic carbocycles. The minimum absolute atomic E-state index is 0.0246. The molecule has 100 valence electrons. The molecule has 9 heteroatoms. The maximum Gasteiger partial charge on any atom is 0.401 e. The summed E-state index contributed by atoms with van der Waals surface area (Å²) in [5, 5.41) is 26.7. The maximum atomic E-state index is 12.0. The molecular formula is C9H12F3N5O. The van der Waals surface area contributed by atoms with Crippen LogP contribution < -0.4 is 5.32 Å². The Bertz CT molecular complexity index is 411. The number of aliphatic hydroxyl groups is 1. The molecule has 0 aliphatic heterocycles. The first kappa shape index (κ1) is 14.4. The Balaban J connectivity index is 2.60. The summed E-state index contributed by atoms with van der Waals surface area (Å²) in [6.45, 7) is -0.904. The lowest BCUT2D eigenvalue weighted by molar-refractivity contribution is -0.125. The molecule has 1 rings (SSSR count). The molecule has 1 aromatic rings. The highest BCUT2D eigenvalue weighted by Crippen LogP contribution is 2.15. The van der Waals surface area contributed by atoms with Crippen molar-refractivity contribution in [2.24, 2.45) is 0 Å². The summed E-state index contributed by atoms with van der Waals surface area (Å²) >= 11 is 0. The third kappa shape index (κ3) is 4.68. The molecule has 0 spiro atoms. The normalized spacial score (nSPS) is 13.3. The fourth-order valence-corrected chi connectivity index (χ4v) is 1.22. The summed E-state index contributed by atoms with van der Waals surface area (Å²) in [4.78, 5) is 0. The van der Waals surface area contributed by atoms with Gasteiger partial charge in [0.25, 0.3) is 0 Å². The van der Waals surface area contributed by atoms with Crippen molar-refractivity contribution in [3.05, 3.63) is 11.9 Å².